The molecule has 2 amide bonds. The van der Waals surface area contributed by atoms with Gasteiger partial charge in [-0.1, -0.05) is 23.2 Å². The molecule has 1 heterocycles. The zero-order valence-electron chi connectivity index (χ0n) is 11.2. The first-order chi connectivity index (χ1) is 10.0. The highest BCUT2D eigenvalue weighted by Gasteiger charge is 2.24. The third-order valence-electron chi connectivity index (χ3n) is 3.47. The van der Waals surface area contributed by atoms with Crippen LogP contribution in [-0.4, -0.2) is 41.7 Å². The molecule has 1 N–H and O–H groups in total. The molecule has 1 aromatic carbocycles. The number of halogens is 3. The van der Waals surface area contributed by atoms with Crippen LogP contribution in [0.5, 0.6) is 0 Å². The summed E-state index contributed by atoms with van der Waals surface area (Å²) >= 11 is 17.4. The molecule has 0 bridgehead atoms. The monoisotopic (exact) mass is 348 g/mol. The SMILES string of the molecule is O=C(NC1CCN(C(=O)CCl)CC1)c1cc(Cl)ccc1Cl. The second-order valence-corrected chi connectivity index (χ2v) is 6.00. The first-order valence-corrected chi connectivity index (χ1v) is 7.90. The molecule has 1 aliphatic heterocycles. The van der Waals surface area contributed by atoms with Crippen LogP contribution in [0.3, 0.4) is 0 Å². The molecule has 1 fully saturated rings. The largest absolute Gasteiger partial charge is 0.349 e. The molecule has 1 aliphatic rings. The zero-order valence-corrected chi connectivity index (χ0v) is 13.5. The Morgan fingerprint density at radius 3 is 2.52 bits per heavy atom. The Bertz CT molecular complexity index is 543. The summed E-state index contributed by atoms with van der Waals surface area (Å²) in [5.41, 5.74) is 0.364. The third kappa shape index (κ3) is 4.25. The van der Waals surface area contributed by atoms with Gasteiger partial charge in [-0.25, -0.2) is 0 Å². The van der Waals surface area contributed by atoms with Gasteiger partial charge in [0.05, 0.1) is 10.6 Å². The second kappa shape index (κ2) is 7.34. The maximum absolute atomic E-state index is 12.2. The molecule has 0 aromatic heterocycles. The molecule has 1 saturated heterocycles. The topological polar surface area (TPSA) is 49.4 Å². The molecule has 4 nitrogen and oxygen atoms in total. The predicted octanol–water partition coefficient (Wildman–Crippen LogP) is 2.95. The first kappa shape index (κ1) is 16.4. The van der Waals surface area contributed by atoms with E-state index in [0.717, 1.165) is 0 Å². The lowest BCUT2D eigenvalue weighted by Crippen LogP contribution is -2.46. The Morgan fingerprint density at radius 1 is 1.24 bits per heavy atom. The van der Waals surface area contributed by atoms with Crippen LogP contribution in [0.15, 0.2) is 18.2 Å². The summed E-state index contributed by atoms with van der Waals surface area (Å²) in [5, 5.41) is 3.76. The second-order valence-electron chi connectivity index (χ2n) is 4.89. The lowest BCUT2D eigenvalue weighted by molar-refractivity contribution is -0.129. The van der Waals surface area contributed by atoms with Gasteiger partial charge in [0.1, 0.15) is 5.88 Å². The Balaban J connectivity index is 1.93. The molecule has 0 unspecified atom stereocenters. The number of nitrogens with zero attached hydrogens (tertiary/aromatic N) is 1. The van der Waals surface area contributed by atoms with E-state index >= 15 is 0 Å². The number of likely N-dealkylation sites (tertiary alicyclic amines) is 1. The number of amides is 2. The number of carbonyl (C=O) groups excluding carboxylic acids is 2. The average molecular weight is 350 g/mol. The van der Waals surface area contributed by atoms with Crippen LogP contribution in [-0.2, 0) is 4.79 Å². The molecule has 2 rings (SSSR count). The van der Waals surface area contributed by atoms with Crippen molar-refractivity contribution in [2.24, 2.45) is 0 Å². The normalized spacial score (nSPS) is 15.9. The van der Waals surface area contributed by atoms with E-state index in [2.05, 4.69) is 5.32 Å². The van der Waals surface area contributed by atoms with E-state index in [1.165, 1.54) is 0 Å². The van der Waals surface area contributed by atoms with Gasteiger partial charge in [-0.05, 0) is 31.0 Å². The van der Waals surface area contributed by atoms with Gasteiger partial charge in [0.25, 0.3) is 5.91 Å². The summed E-state index contributed by atoms with van der Waals surface area (Å²) in [6, 6.07) is 4.80. The van der Waals surface area contributed by atoms with Crippen molar-refractivity contribution in [3.8, 4) is 0 Å². The van der Waals surface area contributed by atoms with Crippen molar-refractivity contribution in [2.45, 2.75) is 18.9 Å². The number of piperidine rings is 1. The number of carbonyl (C=O) groups is 2. The molecular weight excluding hydrogens is 335 g/mol. The van der Waals surface area contributed by atoms with Crippen molar-refractivity contribution in [2.75, 3.05) is 19.0 Å². The maximum atomic E-state index is 12.2. The van der Waals surface area contributed by atoms with Crippen molar-refractivity contribution in [1.82, 2.24) is 10.2 Å². The number of rotatable bonds is 3. The molecule has 0 spiro atoms. The van der Waals surface area contributed by atoms with Gasteiger partial charge in [-0.15, -0.1) is 11.6 Å². The Labute approximate surface area is 138 Å². The van der Waals surface area contributed by atoms with E-state index < -0.39 is 0 Å². The summed E-state index contributed by atoms with van der Waals surface area (Å²) in [6.07, 6.45) is 1.40. The summed E-state index contributed by atoms with van der Waals surface area (Å²) in [6.45, 7) is 1.19. The van der Waals surface area contributed by atoms with Gasteiger partial charge in [0.15, 0.2) is 0 Å². The van der Waals surface area contributed by atoms with Crippen LogP contribution in [0.2, 0.25) is 10.0 Å². The van der Waals surface area contributed by atoms with Crippen molar-refractivity contribution in [3.05, 3.63) is 33.8 Å². The minimum absolute atomic E-state index is 0.00481. The van der Waals surface area contributed by atoms with Crippen LogP contribution in [0.1, 0.15) is 23.2 Å². The van der Waals surface area contributed by atoms with Crippen molar-refractivity contribution < 1.29 is 9.59 Å². The molecule has 0 atom stereocenters. The van der Waals surface area contributed by atoms with Crippen molar-refractivity contribution >= 4 is 46.6 Å². The van der Waals surface area contributed by atoms with E-state index in [1.807, 2.05) is 0 Å². The molecule has 0 saturated carbocycles. The first-order valence-electron chi connectivity index (χ1n) is 6.61. The maximum Gasteiger partial charge on any atom is 0.253 e. The molecule has 21 heavy (non-hydrogen) atoms. The Kier molecular flexibility index (Phi) is 5.73. The fraction of sp³-hybridized carbons (Fsp3) is 0.429. The quantitative estimate of drug-likeness (QED) is 0.853. The highest BCUT2D eigenvalue weighted by atomic mass is 35.5. The van der Waals surface area contributed by atoms with E-state index in [-0.39, 0.29) is 23.7 Å². The standard InChI is InChI=1S/C14H15Cl3N2O2/c15-8-13(20)19-5-3-10(4-6-19)18-14(21)11-7-9(16)1-2-12(11)17/h1-2,7,10H,3-6,8H2,(H,18,21). The number of hydrogen-bond acceptors (Lipinski definition) is 2. The van der Waals surface area contributed by atoms with Gasteiger partial charge in [0.2, 0.25) is 5.91 Å². The number of alkyl halides is 1. The van der Waals surface area contributed by atoms with Crippen LogP contribution >= 0.6 is 34.8 Å². The van der Waals surface area contributed by atoms with Gasteiger partial charge in [-0.3, -0.25) is 9.59 Å². The molecule has 0 aliphatic carbocycles. The Hall–Kier alpha value is -0.970. The van der Waals surface area contributed by atoms with E-state index in [1.54, 1.807) is 23.1 Å². The number of nitrogens with one attached hydrogen (secondary N) is 1. The Morgan fingerprint density at radius 2 is 1.90 bits per heavy atom. The van der Waals surface area contributed by atoms with Crippen LogP contribution in [0, 0.1) is 0 Å². The molecule has 1 aromatic rings. The zero-order chi connectivity index (χ0) is 15.4. The fourth-order valence-electron chi connectivity index (χ4n) is 2.29. The van der Waals surface area contributed by atoms with Gasteiger partial charge < -0.3 is 10.2 Å². The predicted molar refractivity (Wildman–Crippen MR) is 84.3 cm³/mol. The molecule has 0 radical (unpaired) electrons. The smallest absolute Gasteiger partial charge is 0.253 e. The minimum atomic E-state index is -0.246. The fourth-order valence-corrected chi connectivity index (χ4v) is 2.84. The lowest BCUT2D eigenvalue weighted by atomic mass is 10.0. The van der Waals surface area contributed by atoms with Crippen LogP contribution in [0.4, 0.5) is 0 Å². The lowest BCUT2D eigenvalue weighted by Gasteiger charge is -2.32. The average Bonchev–Trinajstić information content (AvgIpc) is 2.49. The van der Waals surface area contributed by atoms with Crippen molar-refractivity contribution in [1.29, 1.82) is 0 Å². The van der Waals surface area contributed by atoms with Gasteiger partial charge in [0, 0.05) is 24.2 Å². The summed E-state index contributed by atoms with van der Waals surface area (Å²) in [7, 11) is 0. The molecule has 7 heteroatoms. The highest BCUT2D eigenvalue weighted by Crippen LogP contribution is 2.21. The summed E-state index contributed by atoms with van der Waals surface area (Å²) < 4.78 is 0. The van der Waals surface area contributed by atoms with Gasteiger partial charge >= 0.3 is 0 Å². The summed E-state index contributed by atoms with van der Waals surface area (Å²) in [4.78, 5) is 25.4. The van der Waals surface area contributed by atoms with Crippen LogP contribution < -0.4 is 5.32 Å². The molecular formula is C14H15Cl3N2O2. The van der Waals surface area contributed by atoms with E-state index in [4.69, 9.17) is 34.8 Å². The summed E-state index contributed by atoms with van der Waals surface area (Å²) in [5.74, 6) is -0.321. The molecule has 114 valence electrons. The van der Waals surface area contributed by atoms with E-state index in [9.17, 15) is 9.59 Å². The minimum Gasteiger partial charge on any atom is -0.349 e. The van der Waals surface area contributed by atoms with Crippen LogP contribution in [0.25, 0.3) is 0 Å². The third-order valence-corrected chi connectivity index (χ3v) is 4.26. The van der Waals surface area contributed by atoms with E-state index in [0.29, 0.717) is 41.5 Å². The highest BCUT2D eigenvalue weighted by molar-refractivity contribution is 6.35. The number of hydrogen-bond donors (Lipinski definition) is 1. The number of benzene rings is 1. The van der Waals surface area contributed by atoms with Gasteiger partial charge in [-0.2, -0.15) is 0 Å². The van der Waals surface area contributed by atoms with Crippen molar-refractivity contribution in [3.63, 3.8) is 0 Å².